The van der Waals surface area contributed by atoms with Gasteiger partial charge in [-0.3, -0.25) is 9.13 Å². The maximum atomic E-state index is 13.0. The molecule has 2 aromatic rings. The summed E-state index contributed by atoms with van der Waals surface area (Å²) < 4.78 is 3.76. The van der Waals surface area contributed by atoms with Gasteiger partial charge < -0.3 is 4.90 Å². The number of halogens is 2. The average molecular weight is 350 g/mol. The highest BCUT2D eigenvalue weighted by atomic mass is 35.5. The highest BCUT2D eigenvalue weighted by Gasteiger charge is 2.37. The molecule has 0 spiro atoms. The first-order valence-corrected chi connectivity index (χ1v) is 8.91. The molecule has 1 atom stereocenters. The van der Waals surface area contributed by atoms with Crippen LogP contribution in [0.15, 0.2) is 23.1 Å². The molecule has 0 aliphatic carbocycles. The molecule has 6 rings (SSSR count). The van der Waals surface area contributed by atoms with Gasteiger partial charge in [0.2, 0.25) is 0 Å². The summed E-state index contributed by atoms with van der Waals surface area (Å²) in [6.45, 7) is 3.35. The number of nitrogens with zero attached hydrogens (tertiary/aromatic N) is 3. The second kappa shape index (κ2) is 4.88. The minimum Gasteiger partial charge on any atom is -0.301 e. The second-order valence-electron chi connectivity index (χ2n) is 6.91. The molecule has 4 aliphatic heterocycles. The van der Waals surface area contributed by atoms with E-state index in [-0.39, 0.29) is 5.69 Å². The van der Waals surface area contributed by atoms with Crippen LogP contribution < -0.4 is 5.69 Å². The zero-order valence-electron chi connectivity index (χ0n) is 12.6. The van der Waals surface area contributed by atoms with Gasteiger partial charge in [-0.15, -0.1) is 0 Å². The summed E-state index contributed by atoms with van der Waals surface area (Å²) in [5.41, 5.74) is 2.92. The number of aromatic nitrogens is 2. The fourth-order valence-corrected chi connectivity index (χ4v) is 5.08. The summed E-state index contributed by atoms with van der Waals surface area (Å²) in [5, 5.41) is 1.22. The standard InChI is InChI=1S/C17H17Cl2N3O/c18-11-5-14(19)13-7-12-8-21(17(23)22(12)15(13)6-11)16-9-20-3-1-10(16)2-4-20/h5-6,8,10,16H,1-4,7,9H2. The number of hydrogen-bond donors (Lipinski definition) is 0. The molecule has 1 aromatic heterocycles. The molecule has 5 heterocycles. The third kappa shape index (κ3) is 1.98. The van der Waals surface area contributed by atoms with E-state index in [1.54, 1.807) is 10.6 Å². The Kier molecular flexibility index (Phi) is 3.00. The number of benzene rings is 1. The largest absolute Gasteiger partial charge is 0.333 e. The Bertz CT molecular complexity index is 861. The lowest BCUT2D eigenvalue weighted by Crippen LogP contribution is -2.49. The number of imidazole rings is 1. The van der Waals surface area contributed by atoms with E-state index in [0.29, 0.717) is 28.4 Å². The molecule has 3 saturated heterocycles. The molecule has 1 aromatic carbocycles. The molecule has 2 bridgehead atoms. The van der Waals surface area contributed by atoms with E-state index in [4.69, 9.17) is 23.2 Å². The SMILES string of the molecule is O=c1n(C2CN3CCC2CC3)cc2n1-c1cc(Cl)cc(Cl)c1C2. The maximum absolute atomic E-state index is 13.0. The molecule has 4 nitrogen and oxygen atoms in total. The molecule has 120 valence electrons. The van der Waals surface area contributed by atoms with Crippen LogP contribution in [-0.4, -0.2) is 33.7 Å². The molecular formula is C17H17Cl2N3O. The van der Waals surface area contributed by atoms with Crippen LogP contribution in [0, 0.1) is 5.92 Å². The first-order chi connectivity index (χ1) is 11.1. The van der Waals surface area contributed by atoms with Crippen LogP contribution in [-0.2, 0) is 6.42 Å². The van der Waals surface area contributed by atoms with Gasteiger partial charge in [0, 0.05) is 40.5 Å². The van der Waals surface area contributed by atoms with Gasteiger partial charge in [0.25, 0.3) is 0 Å². The third-order valence-corrected chi connectivity index (χ3v) is 6.26. The zero-order chi connectivity index (χ0) is 15.7. The molecule has 4 aliphatic rings. The van der Waals surface area contributed by atoms with E-state index in [9.17, 15) is 4.79 Å². The van der Waals surface area contributed by atoms with Crippen LogP contribution in [0.5, 0.6) is 0 Å². The van der Waals surface area contributed by atoms with Gasteiger partial charge in [-0.2, -0.15) is 0 Å². The van der Waals surface area contributed by atoms with Gasteiger partial charge >= 0.3 is 5.69 Å². The van der Waals surface area contributed by atoms with Crippen molar-refractivity contribution in [2.45, 2.75) is 25.3 Å². The van der Waals surface area contributed by atoms with Gasteiger partial charge in [-0.25, -0.2) is 4.79 Å². The van der Waals surface area contributed by atoms with Crippen LogP contribution >= 0.6 is 23.2 Å². The number of piperidine rings is 3. The molecule has 0 N–H and O–H groups in total. The third-order valence-electron chi connectivity index (χ3n) is 5.70. The van der Waals surface area contributed by atoms with E-state index in [1.807, 2.05) is 16.8 Å². The zero-order valence-corrected chi connectivity index (χ0v) is 14.1. The van der Waals surface area contributed by atoms with Gasteiger partial charge in [0.05, 0.1) is 11.7 Å². The molecule has 0 saturated carbocycles. The Morgan fingerprint density at radius 3 is 2.61 bits per heavy atom. The maximum Gasteiger partial charge on any atom is 0.333 e. The lowest BCUT2D eigenvalue weighted by molar-refractivity contribution is 0.0554. The minimum atomic E-state index is 0.0517. The first kappa shape index (κ1) is 14.1. The Hall–Kier alpha value is -1.23. The Labute approximate surface area is 144 Å². The fourth-order valence-electron chi connectivity index (χ4n) is 4.53. The van der Waals surface area contributed by atoms with Crippen LogP contribution in [0.1, 0.15) is 30.1 Å². The van der Waals surface area contributed by atoms with Crippen molar-refractivity contribution in [3.05, 3.63) is 50.1 Å². The van der Waals surface area contributed by atoms with Crippen LogP contribution in [0.4, 0.5) is 0 Å². The van der Waals surface area contributed by atoms with Gasteiger partial charge in [0.1, 0.15) is 0 Å². The van der Waals surface area contributed by atoms with Crippen molar-refractivity contribution in [2.24, 2.45) is 5.92 Å². The Balaban J connectivity index is 1.63. The van der Waals surface area contributed by atoms with Crippen LogP contribution in [0.2, 0.25) is 10.0 Å². The van der Waals surface area contributed by atoms with Gasteiger partial charge in [-0.05, 0) is 44.0 Å². The monoisotopic (exact) mass is 349 g/mol. The predicted molar refractivity (Wildman–Crippen MR) is 91.1 cm³/mol. The predicted octanol–water partition coefficient (Wildman–Crippen LogP) is 3.12. The van der Waals surface area contributed by atoms with Crippen molar-refractivity contribution in [1.29, 1.82) is 0 Å². The van der Waals surface area contributed by atoms with Crippen molar-refractivity contribution in [3.8, 4) is 5.69 Å². The van der Waals surface area contributed by atoms with E-state index in [2.05, 4.69) is 4.90 Å². The van der Waals surface area contributed by atoms with Crippen molar-refractivity contribution < 1.29 is 0 Å². The molecule has 0 amide bonds. The quantitative estimate of drug-likeness (QED) is 0.675. The number of hydrogen-bond acceptors (Lipinski definition) is 2. The second-order valence-corrected chi connectivity index (χ2v) is 7.76. The summed E-state index contributed by atoms with van der Waals surface area (Å²) in [5.74, 6) is 0.628. The van der Waals surface area contributed by atoms with E-state index in [0.717, 1.165) is 23.5 Å². The van der Waals surface area contributed by atoms with Crippen LogP contribution in [0.25, 0.3) is 5.69 Å². The molecule has 23 heavy (non-hydrogen) atoms. The highest BCUT2D eigenvalue weighted by Crippen LogP contribution is 2.38. The Morgan fingerprint density at radius 1 is 1.13 bits per heavy atom. The molecule has 6 heteroatoms. The lowest BCUT2D eigenvalue weighted by Gasteiger charge is -2.44. The highest BCUT2D eigenvalue weighted by molar-refractivity contribution is 6.35. The average Bonchev–Trinajstić information content (AvgIpc) is 3.06. The minimum absolute atomic E-state index is 0.0517. The molecule has 0 radical (unpaired) electrons. The van der Waals surface area contributed by atoms with Crippen molar-refractivity contribution in [2.75, 3.05) is 19.6 Å². The summed E-state index contributed by atoms with van der Waals surface area (Å²) in [4.78, 5) is 15.5. The topological polar surface area (TPSA) is 30.2 Å². The summed E-state index contributed by atoms with van der Waals surface area (Å²) >= 11 is 12.4. The first-order valence-electron chi connectivity index (χ1n) is 8.15. The summed E-state index contributed by atoms with van der Waals surface area (Å²) in [7, 11) is 0. The van der Waals surface area contributed by atoms with Crippen LogP contribution in [0.3, 0.4) is 0 Å². The van der Waals surface area contributed by atoms with Crippen molar-refractivity contribution in [3.63, 3.8) is 0 Å². The molecule has 3 fully saturated rings. The van der Waals surface area contributed by atoms with E-state index >= 15 is 0 Å². The van der Waals surface area contributed by atoms with Crippen molar-refractivity contribution in [1.82, 2.24) is 14.0 Å². The number of fused-ring (bicyclic) bond motifs is 6. The summed E-state index contributed by atoms with van der Waals surface area (Å²) in [6, 6.07) is 3.91. The summed E-state index contributed by atoms with van der Waals surface area (Å²) in [6.07, 6.45) is 5.14. The molecular weight excluding hydrogens is 333 g/mol. The fraction of sp³-hybridized carbons (Fsp3) is 0.471. The Morgan fingerprint density at radius 2 is 1.91 bits per heavy atom. The number of rotatable bonds is 1. The van der Waals surface area contributed by atoms with E-state index < -0.39 is 0 Å². The normalized spacial score (nSPS) is 28.0. The lowest BCUT2D eigenvalue weighted by atomic mass is 9.84. The van der Waals surface area contributed by atoms with Gasteiger partial charge in [0.15, 0.2) is 0 Å². The smallest absolute Gasteiger partial charge is 0.301 e. The molecule has 1 unspecified atom stereocenters. The van der Waals surface area contributed by atoms with E-state index in [1.165, 1.54) is 25.9 Å². The van der Waals surface area contributed by atoms with Crippen molar-refractivity contribution >= 4 is 23.2 Å². The van der Waals surface area contributed by atoms with Gasteiger partial charge in [-0.1, -0.05) is 23.2 Å².